The molecule has 0 fully saturated rings. The van der Waals surface area contributed by atoms with Crippen LogP contribution in [0.5, 0.6) is 0 Å². The molecule has 1 unspecified atom stereocenters. The molecule has 7 N–H and O–H groups in total. The third-order valence-electron chi connectivity index (χ3n) is 3.16. The van der Waals surface area contributed by atoms with Crippen molar-refractivity contribution in [1.29, 1.82) is 0 Å². The number of ether oxygens (including phenoxy) is 1. The number of hydrogen-bond donors (Lipinski definition) is 7. The summed E-state index contributed by atoms with van der Waals surface area (Å²) in [6.07, 6.45) is -2.91. The summed E-state index contributed by atoms with van der Waals surface area (Å²) in [6.45, 7) is 0. The Hall–Kier alpha value is -3.33. The number of nitrogens with one attached hydrogen (secondary N) is 4. The number of aromatic nitrogens is 2. The lowest BCUT2D eigenvalue weighted by atomic mass is 10.2. The monoisotopic (exact) mass is 426 g/mol. The quantitative estimate of drug-likeness (QED) is 0.281. The van der Waals surface area contributed by atoms with Gasteiger partial charge in [0.1, 0.15) is 11.0 Å². The van der Waals surface area contributed by atoms with Gasteiger partial charge < -0.3 is 30.1 Å². The van der Waals surface area contributed by atoms with Crippen LogP contribution in [0.3, 0.4) is 0 Å². The number of aliphatic hydroxyl groups is 3. The standard InChI is InChI=1S/C15H18N6O7S/c1-28-14(23)17-11-7-10(12(20-19-11)13(22)18-15(24,25)26)16-8-5-3-4-6-9(8)21-29(2)27/h3-7,21,24-26H,1-2H3,(H,18,22)(H2,16,17,19,23). The zero-order chi connectivity index (χ0) is 21.6. The lowest BCUT2D eigenvalue weighted by Gasteiger charge is -2.18. The van der Waals surface area contributed by atoms with Crippen LogP contribution in [0.25, 0.3) is 0 Å². The van der Waals surface area contributed by atoms with Gasteiger partial charge in [-0.25, -0.2) is 9.00 Å². The average molecular weight is 426 g/mol. The van der Waals surface area contributed by atoms with Crippen molar-refractivity contribution in [1.82, 2.24) is 15.5 Å². The van der Waals surface area contributed by atoms with Crippen molar-refractivity contribution in [3.63, 3.8) is 0 Å². The van der Waals surface area contributed by atoms with Crippen LogP contribution in [-0.4, -0.2) is 61.2 Å². The summed E-state index contributed by atoms with van der Waals surface area (Å²) in [5.41, 5.74) is 0.301. The van der Waals surface area contributed by atoms with Gasteiger partial charge in [-0.2, -0.15) is 0 Å². The van der Waals surface area contributed by atoms with Crippen LogP contribution in [-0.2, 0) is 15.7 Å². The fourth-order valence-corrected chi connectivity index (χ4v) is 2.55. The van der Waals surface area contributed by atoms with Gasteiger partial charge in [0.15, 0.2) is 11.5 Å². The van der Waals surface area contributed by atoms with Crippen LogP contribution in [0.4, 0.5) is 27.7 Å². The topological polar surface area (TPSA) is 195 Å². The maximum Gasteiger partial charge on any atom is 0.412 e. The zero-order valence-corrected chi connectivity index (χ0v) is 16.0. The highest BCUT2D eigenvalue weighted by molar-refractivity contribution is 7.85. The Kier molecular flexibility index (Phi) is 7.00. The number of methoxy groups -OCH3 is 1. The third kappa shape index (κ3) is 6.65. The van der Waals surface area contributed by atoms with E-state index in [0.717, 1.165) is 7.11 Å². The van der Waals surface area contributed by atoms with Crippen LogP contribution in [0.1, 0.15) is 10.5 Å². The van der Waals surface area contributed by atoms with Crippen LogP contribution < -0.4 is 20.7 Å². The molecule has 0 aliphatic carbocycles. The lowest BCUT2D eigenvalue weighted by molar-refractivity contribution is -0.323. The first-order valence-electron chi connectivity index (χ1n) is 7.77. The van der Waals surface area contributed by atoms with Gasteiger partial charge in [0.2, 0.25) is 0 Å². The molecule has 14 heteroatoms. The van der Waals surface area contributed by atoms with Crippen molar-refractivity contribution in [2.75, 3.05) is 28.7 Å². The number of hydrogen-bond acceptors (Lipinski definition) is 10. The molecule has 0 aliphatic rings. The summed E-state index contributed by atoms with van der Waals surface area (Å²) in [4.78, 5) is 23.6. The Morgan fingerprint density at radius 3 is 2.34 bits per heavy atom. The second-order valence-electron chi connectivity index (χ2n) is 5.42. The Morgan fingerprint density at radius 2 is 1.76 bits per heavy atom. The maximum atomic E-state index is 12.2. The number of amides is 2. The van der Waals surface area contributed by atoms with E-state index in [-0.39, 0.29) is 11.5 Å². The molecule has 0 aliphatic heterocycles. The minimum atomic E-state index is -3.49. The zero-order valence-electron chi connectivity index (χ0n) is 15.2. The molecule has 0 spiro atoms. The molecular weight excluding hydrogens is 408 g/mol. The number of carbonyl (C=O) groups is 2. The van der Waals surface area contributed by atoms with Gasteiger partial charge in [0.25, 0.3) is 5.91 Å². The van der Waals surface area contributed by atoms with Gasteiger partial charge in [-0.3, -0.25) is 15.4 Å². The van der Waals surface area contributed by atoms with Crippen molar-refractivity contribution in [2.24, 2.45) is 0 Å². The van der Waals surface area contributed by atoms with Crippen molar-refractivity contribution < 1.29 is 33.9 Å². The van der Waals surface area contributed by atoms with Gasteiger partial charge in [0.05, 0.1) is 24.2 Å². The molecule has 156 valence electrons. The van der Waals surface area contributed by atoms with E-state index in [4.69, 9.17) is 15.3 Å². The SMILES string of the molecule is COC(=O)Nc1cc(Nc2ccccc2NS(C)=O)c(C(=O)NC(O)(O)O)nn1. The molecule has 0 saturated heterocycles. The van der Waals surface area contributed by atoms with Gasteiger partial charge in [-0.1, -0.05) is 12.1 Å². The number of anilines is 4. The van der Waals surface area contributed by atoms with E-state index >= 15 is 0 Å². The summed E-state index contributed by atoms with van der Waals surface area (Å²) >= 11 is 0. The molecule has 2 aromatic rings. The van der Waals surface area contributed by atoms with E-state index in [1.807, 2.05) is 0 Å². The molecule has 1 atom stereocenters. The van der Waals surface area contributed by atoms with Crippen molar-refractivity contribution in [2.45, 2.75) is 6.10 Å². The number of rotatable bonds is 7. The van der Waals surface area contributed by atoms with Gasteiger partial charge in [0, 0.05) is 12.3 Å². The summed E-state index contributed by atoms with van der Waals surface area (Å²) in [5, 5.41) is 40.8. The Bertz CT molecular complexity index is 934. The van der Waals surface area contributed by atoms with Gasteiger partial charge in [-0.15, -0.1) is 10.2 Å². The summed E-state index contributed by atoms with van der Waals surface area (Å²) in [6, 6.07) is 7.77. The first-order valence-corrected chi connectivity index (χ1v) is 9.33. The fraction of sp³-hybridized carbons (Fsp3) is 0.200. The van der Waals surface area contributed by atoms with Crippen LogP contribution in [0, 0.1) is 0 Å². The highest BCUT2D eigenvalue weighted by atomic mass is 32.2. The van der Waals surface area contributed by atoms with E-state index in [1.165, 1.54) is 17.6 Å². The molecule has 29 heavy (non-hydrogen) atoms. The van der Waals surface area contributed by atoms with Crippen LogP contribution in [0.2, 0.25) is 0 Å². The lowest BCUT2D eigenvalue weighted by Crippen LogP contribution is -2.48. The number of nitrogens with zero attached hydrogens (tertiary/aromatic N) is 2. The van der Waals surface area contributed by atoms with Crippen LogP contribution in [0.15, 0.2) is 30.3 Å². The van der Waals surface area contributed by atoms with Crippen molar-refractivity contribution in [3.8, 4) is 0 Å². The molecule has 1 heterocycles. The van der Waals surface area contributed by atoms with Gasteiger partial charge in [-0.05, 0) is 12.1 Å². The second kappa shape index (κ2) is 9.24. The summed E-state index contributed by atoms with van der Waals surface area (Å²) in [5.74, 6) is -1.29. The van der Waals surface area contributed by atoms with E-state index in [9.17, 15) is 13.8 Å². The maximum absolute atomic E-state index is 12.2. The van der Waals surface area contributed by atoms with E-state index in [2.05, 4.69) is 30.3 Å². The molecule has 0 radical (unpaired) electrons. The predicted molar refractivity (Wildman–Crippen MR) is 102 cm³/mol. The molecule has 1 aromatic heterocycles. The van der Waals surface area contributed by atoms with E-state index in [1.54, 1.807) is 24.3 Å². The average Bonchev–Trinajstić information content (AvgIpc) is 2.61. The van der Waals surface area contributed by atoms with Gasteiger partial charge >= 0.3 is 12.2 Å². The molecular formula is C15H18N6O7S. The van der Waals surface area contributed by atoms with Crippen molar-refractivity contribution in [3.05, 3.63) is 36.0 Å². The molecule has 1 aromatic carbocycles. The molecule has 0 bridgehead atoms. The highest BCUT2D eigenvalue weighted by Gasteiger charge is 2.26. The Labute approximate surface area is 166 Å². The van der Waals surface area contributed by atoms with E-state index < -0.39 is 34.8 Å². The number of benzene rings is 1. The third-order valence-corrected chi connectivity index (χ3v) is 3.66. The summed E-state index contributed by atoms with van der Waals surface area (Å²) in [7, 11) is -0.257. The smallest absolute Gasteiger partial charge is 0.412 e. The first-order chi connectivity index (χ1) is 13.6. The minimum Gasteiger partial charge on any atom is -0.453 e. The molecule has 0 saturated carbocycles. The Morgan fingerprint density at radius 1 is 1.10 bits per heavy atom. The predicted octanol–water partition coefficient (Wildman–Crippen LogP) is -0.578. The molecule has 2 rings (SSSR count). The largest absolute Gasteiger partial charge is 0.453 e. The first kappa shape index (κ1) is 22.0. The summed E-state index contributed by atoms with van der Waals surface area (Å²) < 4.78 is 18.7. The van der Waals surface area contributed by atoms with E-state index in [0.29, 0.717) is 11.4 Å². The van der Waals surface area contributed by atoms with Crippen LogP contribution >= 0.6 is 0 Å². The number of carbonyl (C=O) groups excluding carboxylic acids is 2. The fourth-order valence-electron chi connectivity index (χ4n) is 2.06. The molecule has 2 amide bonds. The minimum absolute atomic E-state index is 0.0377. The normalized spacial score (nSPS) is 11.9. The Balaban J connectivity index is 2.45. The number of para-hydroxylation sites is 2. The second-order valence-corrected chi connectivity index (χ2v) is 6.54. The van der Waals surface area contributed by atoms with Crippen molar-refractivity contribution >= 4 is 45.9 Å². The molecule has 13 nitrogen and oxygen atoms in total. The highest BCUT2D eigenvalue weighted by Crippen LogP contribution is 2.28.